The van der Waals surface area contributed by atoms with E-state index in [1.165, 1.54) is 12.1 Å². The second-order valence-corrected chi connectivity index (χ2v) is 4.72. The monoisotopic (exact) mass is 297 g/mol. The van der Waals surface area contributed by atoms with Gasteiger partial charge in [0.2, 0.25) is 5.82 Å². The van der Waals surface area contributed by atoms with Crippen molar-refractivity contribution in [2.24, 2.45) is 0 Å². The minimum Gasteiger partial charge on any atom is -0.381 e. The van der Waals surface area contributed by atoms with Crippen molar-refractivity contribution < 1.29 is 14.2 Å². The molecule has 0 aliphatic heterocycles. The van der Waals surface area contributed by atoms with Gasteiger partial charge in [-0.3, -0.25) is 20.2 Å². The summed E-state index contributed by atoms with van der Waals surface area (Å²) in [6, 6.07) is 4.85. The van der Waals surface area contributed by atoms with Crippen LogP contribution in [-0.2, 0) is 6.54 Å². The van der Waals surface area contributed by atoms with Gasteiger partial charge in [-0.2, -0.15) is 4.39 Å². The summed E-state index contributed by atoms with van der Waals surface area (Å²) in [6.07, 6.45) is 0. The second kappa shape index (κ2) is 5.61. The van der Waals surface area contributed by atoms with Crippen LogP contribution in [0.5, 0.6) is 0 Å². The molecule has 20 heavy (non-hydrogen) atoms. The van der Waals surface area contributed by atoms with Gasteiger partial charge in [0.05, 0.1) is 9.85 Å². The van der Waals surface area contributed by atoms with Crippen molar-refractivity contribution in [3.05, 3.63) is 61.3 Å². The van der Waals surface area contributed by atoms with Gasteiger partial charge < -0.3 is 5.32 Å². The zero-order chi connectivity index (χ0) is 14.7. The smallest absolute Gasteiger partial charge is 0.324 e. The highest BCUT2D eigenvalue weighted by molar-refractivity contribution is 7.13. The second-order valence-electron chi connectivity index (χ2n) is 3.83. The molecule has 0 amide bonds. The zero-order valence-electron chi connectivity index (χ0n) is 9.91. The molecule has 9 heteroatoms. The molecule has 0 aliphatic rings. The molecule has 1 heterocycles. The largest absolute Gasteiger partial charge is 0.381 e. The van der Waals surface area contributed by atoms with E-state index in [-0.39, 0.29) is 11.5 Å². The Labute approximate surface area is 116 Å². The molecule has 0 spiro atoms. The third-order valence-corrected chi connectivity index (χ3v) is 3.39. The molecule has 0 radical (unpaired) electrons. The molecule has 0 fully saturated rings. The van der Waals surface area contributed by atoms with Gasteiger partial charge in [-0.25, -0.2) is 0 Å². The van der Waals surface area contributed by atoms with Crippen LogP contribution in [0.3, 0.4) is 0 Å². The van der Waals surface area contributed by atoms with Gasteiger partial charge >= 0.3 is 10.7 Å². The lowest BCUT2D eigenvalue weighted by atomic mass is 10.2. The molecule has 0 saturated heterocycles. The fraction of sp³-hybridized carbons (Fsp3) is 0.0909. The van der Waals surface area contributed by atoms with Gasteiger partial charge in [0.15, 0.2) is 0 Å². The molecule has 1 aromatic heterocycles. The lowest BCUT2D eigenvalue weighted by Crippen LogP contribution is -2.00. The number of hydrogen-bond donors (Lipinski definition) is 1. The number of nitrogens with zero attached hydrogens (tertiary/aromatic N) is 2. The van der Waals surface area contributed by atoms with Crippen LogP contribution in [0.2, 0.25) is 0 Å². The summed E-state index contributed by atoms with van der Waals surface area (Å²) < 4.78 is 13.1. The minimum atomic E-state index is -0.910. The molecular formula is C11H8FN3O4S. The highest BCUT2D eigenvalue weighted by Crippen LogP contribution is 2.25. The average molecular weight is 297 g/mol. The van der Waals surface area contributed by atoms with Crippen molar-refractivity contribution in [3.8, 4) is 0 Å². The van der Waals surface area contributed by atoms with Crippen LogP contribution in [0.1, 0.15) is 5.56 Å². The molecule has 104 valence electrons. The summed E-state index contributed by atoms with van der Waals surface area (Å²) in [4.78, 5) is 19.8. The number of nitrogens with one attached hydrogen (secondary N) is 1. The Bertz CT molecular complexity index is 673. The van der Waals surface area contributed by atoms with Crippen LogP contribution in [0.15, 0.2) is 29.6 Å². The van der Waals surface area contributed by atoms with E-state index in [0.717, 1.165) is 23.5 Å². The minimum absolute atomic E-state index is 0.0203. The van der Waals surface area contributed by atoms with Crippen molar-refractivity contribution in [1.29, 1.82) is 0 Å². The first-order valence-electron chi connectivity index (χ1n) is 5.37. The van der Waals surface area contributed by atoms with Gasteiger partial charge in [0.25, 0.3) is 0 Å². The Morgan fingerprint density at radius 1 is 1.20 bits per heavy atom. The summed E-state index contributed by atoms with van der Waals surface area (Å²) in [7, 11) is 0. The van der Waals surface area contributed by atoms with Crippen LogP contribution in [0.4, 0.5) is 20.8 Å². The van der Waals surface area contributed by atoms with Crippen LogP contribution in [-0.4, -0.2) is 9.85 Å². The van der Waals surface area contributed by atoms with Crippen LogP contribution in [0.25, 0.3) is 0 Å². The molecule has 0 bridgehead atoms. The summed E-state index contributed by atoms with van der Waals surface area (Å²) in [5, 5.41) is 25.6. The number of hydrogen-bond acceptors (Lipinski definition) is 6. The molecule has 0 unspecified atom stereocenters. The predicted molar refractivity (Wildman–Crippen MR) is 71.4 cm³/mol. The zero-order valence-corrected chi connectivity index (χ0v) is 10.7. The predicted octanol–water partition coefficient (Wildman–Crippen LogP) is 3.32. The SMILES string of the molecule is O=[N+]([O-])c1cc(CNc2ccc(F)c([N+](=O)[O-])c2)cs1. The van der Waals surface area contributed by atoms with E-state index >= 15 is 0 Å². The van der Waals surface area contributed by atoms with Gasteiger partial charge in [-0.1, -0.05) is 11.3 Å². The fourth-order valence-corrected chi connectivity index (χ4v) is 2.25. The number of anilines is 1. The Kier molecular flexibility index (Phi) is 3.89. The van der Waals surface area contributed by atoms with E-state index in [4.69, 9.17) is 0 Å². The quantitative estimate of drug-likeness (QED) is 0.674. The normalized spacial score (nSPS) is 10.2. The molecular weight excluding hydrogens is 289 g/mol. The maximum atomic E-state index is 13.1. The van der Waals surface area contributed by atoms with Gasteiger partial charge in [-0.05, 0) is 17.7 Å². The van der Waals surface area contributed by atoms with Crippen molar-refractivity contribution in [3.63, 3.8) is 0 Å². The highest BCUT2D eigenvalue weighted by atomic mass is 32.1. The maximum absolute atomic E-state index is 13.1. The lowest BCUT2D eigenvalue weighted by Gasteiger charge is -2.04. The van der Waals surface area contributed by atoms with Gasteiger partial charge in [-0.15, -0.1) is 0 Å². The van der Waals surface area contributed by atoms with E-state index in [2.05, 4.69) is 5.32 Å². The Balaban J connectivity index is 2.08. The van der Waals surface area contributed by atoms with E-state index in [9.17, 15) is 24.6 Å². The summed E-state index contributed by atoms with van der Waals surface area (Å²) >= 11 is 0.996. The van der Waals surface area contributed by atoms with Crippen molar-refractivity contribution >= 4 is 27.7 Å². The number of nitro benzene ring substituents is 1. The molecule has 1 aromatic carbocycles. The Morgan fingerprint density at radius 2 is 1.95 bits per heavy atom. The molecule has 1 N–H and O–H groups in total. The van der Waals surface area contributed by atoms with E-state index in [0.29, 0.717) is 11.3 Å². The third-order valence-electron chi connectivity index (χ3n) is 2.46. The number of rotatable bonds is 5. The Morgan fingerprint density at radius 3 is 2.55 bits per heavy atom. The average Bonchev–Trinajstić information content (AvgIpc) is 2.86. The molecule has 7 nitrogen and oxygen atoms in total. The van der Waals surface area contributed by atoms with E-state index < -0.39 is 21.4 Å². The lowest BCUT2D eigenvalue weighted by molar-refractivity contribution is -0.387. The first-order valence-corrected chi connectivity index (χ1v) is 6.25. The van der Waals surface area contributed by atoms with Crippen molar-refractivity contribution in [2.45, 2.75) is 6.54 Å². The Hall–Kier alpha value is -2.55. The molecule has 0 aliphatic carbocycles. The molecule has 0 saturated carbocycles. The van der Waals surface area contributed by atoms with Crippen LogP contribution < -0.4 is 5.32 Å². The molecule has 2 rings (SSSR count). The highest BCUT2D eigenvalue weighted by Gasteiger charge is 2.14. The fourth-order valence-electron chi connectivity index (χ4n) is 1.52. The standard InChI is InChI=1S/C11H8FN3O4S/c12-9-2-1-8(4-10(9)14(16)17)13-5-7-3-11(15(18)19)20-6-7/h1-4,6,13H,5H2. The first-order chi connectivity index (χ1) is 9.47. The summed E-state index contributed by atoms with van der Waals surface area (Å²) in [5.41, 5.74) is 0.423. The van der Waals surface area contributed by atoms with Crippen molar-refractivity contribution in [1.82, 2.24) is 0 Å². The number of halogens is 1. The van der Waals surface area contributed by atoms with Gasteiger partial charge in [0.1, 0.15) is 0 Å². The number of nitro groups is 2. The maximum Gasteiger partial charge on any atom is 0.324 e. The van der Waals surface area contributed by atoms with Crippen LogP contribution in [0, 0.1) is 26.0 Å². The first kappa shape index (κ1) is 13.9. The summed E-state index contributed by atoms with van der Waals surface area (Å²) in [6.45, 7) is 0.257. The molecule has 2 aromatic rings. The van der Waals surface area contributed by atoms with Crippen LogP contribution >= 0.6 is 11.3 Å². The third kappa shape index (κ3) is 3.06. The summed E-state index contributed by atoms with van der Waals surface area (Å²) in [5.74, 6) is -0.910. The topological polar surface area (TPSA) is 98.3 Å². The van der Waals surface area contributed by atoms with E-state index in [1.54, 1.807) is 5.38 Å². The molecule has 0 atom stereocenters. The van der Waals surface area contributed by atoms with Gasteiger partial charge in [0, 0.05) is 29.7 Å². The number of thiophene rings is 1. The number of benzene rings is 1. The van der Waals surface area contributed by atoms with Crippen molar-refractivity contribution in [2.75, 3.05) is 5.32 Å². The van der Waals surface area contributed by atoms with E-state index in [1.807, 2.05) is 0 Å².